The third-order valence-electron chi connectivity index (χ3n) is 5.50. The van der Waals surface area contributed by atoms with E-state index < -0.39 is 0 Å². The van der Waals surface area contributed by atoms with Crippen molar-refractivity contribution in [2.75, 3.05) is 18.4 Å². The summed E-state index contributed by atoms with van der Waals surface area (Å²) in [5.41, 5.74) is 4.79. The Morgan fingerprint density at radius 2 is 1.89 bits per heavy atom. The van der Waals surface area contributed by atoms with Gasteiger partial charge in [-0.1, -0.05) is 18.2 Å². The van der Waals surface area contributed by atoms with Crippen molar-refractivity contribution >= 4 is 22.6 Å². The number of carbonyl (C=O) groups is 1. The van der Waals surface area contributed by atoms with Crippen molar-refractivity contribution in [3.63, 3.8) is 0 Å². The van der Waals surface area contributed by atoms with Crippen molar-refractivity contribution in [1.29, 1.82) is 0 Å². The highest BCUT2D eigenvalue weighted by Gasteiger charge is 2.19. The zero-order valence-electron chi connectivity index (χ0n) is 16.2. The molecule has 1 aliphatic heterocycles. The van der Waals surface area contributed by atoms with E-state index in [9.17, 15) is 9.59 Å². The highest BCUT2D eigenvalue weighted by molar-refractivity contribution is 5.95. The molecule has 0 bridgehead atoms. The Hall–Kier alpha value is -3.08. The fourth-order valence-electron chi connectivity index (χ4n) is 3.73. The molecule has 1 aromatic heterocycles. The number of aryl methyl sites for hydroxylation is 2. The summed E-state index contributed by atoms with van der Waals surface area (Å²) in [6, 6.07) is 13.1. The molecular weight excluding hydrogens is 352 g/mol. The fourth-order valence-corrected chi connectivity index (χ4v) is 3.73. The lowest BCUT2D eigenvalue weighted by molar-refractivity contribution is 0.0793. The average Bonchev–Trinajstić information content (AvgIpc) is 3.24. The van der Waals surface area contributed by atoms with Gasteiger partial charge in [-0.05, 0) is 61.6 Å². The topological polar surface area (TPSA) is 62.6 Å². The van der Waals surface area contributed by atoms with Crippen molar-refractivity contribution in [3.8, 4) is 0 Å². The van der Waals surface area contributed by atoms with Crippen LogP contribution in [0.1, 0.15) is 39.9 Å². The van der Waals surface area contributed by atoms with Crippen LogP contribution in [0.2, 0.25) is 0 Å². The minimum atomic E-state index is -0.351. The van der Waals surface area contributed by atoms with Crippen molar-refractivity contribution in [3.05, 3.63) is 75.1 Å². The van der Waals surface area contributed by atoms with Gasteiger partial charge in [0.05, 0.1) is 0 Å². The molecule has 1 N–H and O–H groups in total. The zero-order chi connectivity index (χ0) is 19.7. The Labute approximate surface area is 164 Å². The number of benzene rings is 2. The van der Waals surface area contributed by atoms with E-state index in [1.165, 1.54) is 6.07 Å². The summed E-state index contributed by atoms with van der Waals surface area (Å²) in [5.74, 6) is 0.0815. The first-order valence-electron chi connectivity index (χ1n) is 9.69. The molecule has 5 heteroatoms. The van der Waals surface area contributed by atoms with Crippen LogP contribution < -0.4 is 10.9 Å². The number of rotatable bonds is 4. The highest BCUT2D eigenvalue weighted by Crippen LogP contribution is 2.24. The van der Waals surface area contributed by atoms with Crippen LogP contribution in [0.5, 0.6) is 0 Å². The number of amides is 1. The van der Waals surface area contributed by atoms with Gasteiger partial charge in [-0.2, -0.15) is 0 Å². The largest absolute Gasteiger partial charge is 0.422 e. The van der Waals surface area contributed by atoms with E-state index in [1.54, 1.807) is 0 Å². The molecule has 0 atom stereocenters. The molecule has 4 rings (SSSR count). The van der Waals surface area contributed by atoms with Crippen LogP contribution in [-0.4, -0.2) is 23.9 Å². The van der Waals surface area contributed by atoms with Gasteiger partial charge in [-0.15, -0.1) is 0 Å². The molecule has 2 heterocycles. The first-order valence-corrected chi connectivity index (χ1v) is 9.69. The van der Waals surface area contributed by atoms with Gasteiger partial charge in [0.2, 0.25) is 0 Å². The zero-order valence-corrected chi connectivity index (χ0v) is 16.2. The Morgan fingerprint density at radius 3 is 2.68 bits per heavy atom. The molecule has 0 aliphatic carbocycles. The number of likely N-dealkylation sites (tertiary alicyclic amines) is 1. The molecule has 0 unspecified atom stereocenters. The van der Waals surface area contributed by atoms with Gasteiger partial charge in [-0.3, -0.25) is 4.79 Å². The maximum atomic E-state index is 12.6. The summed E-state index contributed by atoms with van der Waals surface area (Å²) in [6.45, 7) is 6.11. The summed E-state index contributed by atoms with van der Waals surface area (Å²) < 4.78 is 5.44. The molecule has 1 fully saturated rings. The number of carbonyl (C=O) groups excluding carboxylic acids is 1. The molecule has 2 aromatic carbocycles. The smallest absolute Gasteiger partial charge is 0.336 e. The SMILES string of the molecule is Cc1ccc2c(CNc3cccc(C(=O)N4CCCC4)c3)cc(=O)oc2c1C. The van der Waals surface area contributed by atoms with Crippen molar-refractivity contribution in [2.24, 2.45) is 0 Å². The van der Waals surface area contributed by atoms with Gasteiger partial charge in [-0.25, -0.2) is 4.79 Å². The predicted octanol–water partition coefficient (Wildman–Crippen LogP) is 4.26. The lowest BCUT2D eigenvalue weighted by Gasteiger charge is -2.16. The number of hydrogen-bond donors (Lipinski definition) is 1. The number of nitrogens with one attached hydrogen (secondary N) is 1. The highest BCUT2D eigenvalue weighted by atomic mass is 16.4. The Balaban J connectivity index is 1.58. The fraction of sp³-hybridized carbons (Fsp3) is 0.304. The quantitative estimate of drug-likeness (QED) is 0.691. The normalized spacial score (nSPS) is 13.9. The Bertz CT molecular complexity index is 1090. The second-order valence-electron chi connectivity index (χ2n) is 7.41. The van der Waals surface area contributed by atoms with Crippen LogP contribution in [0.25, 0.3) is 11.0 Å². The third-order valence-corrected chi connectivity index (χ3v) is 5.50. The Morgan fingerprint density at radius 1 is 1.11 bits per heavy atom. The van der Waals surface area contributed by atoms with Crippen LogP contribution >= 0.6 is 0 Å². The monoisotopic (exact) mass is 376 g/mol. The van der Waals surface area contributed by atoms with E-state index in [-0.39, 0.29) is 11.5 Å². The molecule has 1 aliphatic rings. The third kappa shape index (κ3) is 3.52. The maximum absolute atomic E-state index is 12.6. The van der Waals surface area contributed by atoms with Crippen LogP contribution in [0, 0.1) is 13.8 Å². The van der Waals surface area contributed by atoms with Gasteiger partial charge in [0.1, 0.15) is 5.58 Å². The summed E-state index contributed by atoms with van der Waals surface area (Å²) in [7, 11) is 0. The average molecular weight is 376 g/mol. The second kappa shape index (κ2) is 7.50. The molecule has 1 amide bonds. The van der Waals surface area contributed by atoms with Gasteiger partial charge in [0, 0.05) is 42.3 Å². The minimum Gasteiger partial charge on any atom is -0.422 e. The van der Waals surface area contributed by atoms with Crippen molar-refractivity contribution in [1.82, 2.24) is 4.90 Å². The molecule has 0 radical (unpaired) electrons. The summed E-state index contributed by atoms with van der Waals surface area (Å²) in [4.78, 5) is 26.5. The molecule has 0 spiro atoms. The lowest BCUT2D eigenvalue weighted by Crippen LogP contribution is -2.27. The van der Waals surface area contributed by atoms with Gasteiger partial charge in [0.15, 0.2) is 0 Å². The second-order valence-corrected chi connectivity index (χ2v) is 7.41. The number of fused-ring (bicyclic) bond motifs is 1. The van der Waals surface area contributed by atoms with Crippen LogP contribution in [0.4, 0.5) is 5.69 Å². The van der Waals surface area contributed by atoms with E-state index in [1.807, 2.05) is 55.1 Å². The van der Waals surface area contributed by atoms with E-state index in [0.717, 1.165) is 53.7 Å². The summed E-state index contributed by atoms with van der Waals surface area (Å²) in [6.07, 6.45) is 2.15. The molecule has 3 aromatic rings. The molecule has 144 valence electrons. The first-order chi connectivity index (χ1) is 13.5. The lowest BCUT2D eigenvalue weighted by atomic mass is 10.0. The molecule has 5 nitrogen and oxygen atoms in total. The van der Waals surface area contributed by atoms with Gasteiger partial charge < -0.3 is 14.6 Å². The molecule has 28 heavy (non-hydrogen) atoms. The standard InChI is InChI=1S/C23H24N2O3/c1-15-8-9-20-18(13-21(26)28-22(20)16(15)2)14-24-19-7-5-6-17(12-19)23(27)25-10-3-4-11-25/h5-9,12-13,24H,3-4,10-11,14H2,1-2H3. The summed E-state index contributed by atoms with van der Waals surface area (Å²) in [5, 5.41) is 4.28. The molecular formula is C23H24N2O3. The van der Waals surface area contributed by atoms with E-state index in [0.29, 0.717) is 17.7 Å². The minimum absolute atomic E-state index is 0.0815. The van der Waals surface area contributed by atoms with Crippen molar-refractivity contribution in [2.45, 2.75) is 33.2 Å². The number of hydrogen-bond acceptors (Lipinski definition) is 4. The van der Waals surface area contributed by atoms with Crippen molar-refractivity contribution < 1.29 is 9.21 Å². The maximum Gasteiger partial charge on any atom is 0.336 e. The van der Waals surface area contributed by atoms with Crippen LogP contribution in [0.3, 0.4) is 0 Å². The van der Waals surface area contributed by atoms with Gasteiger partial charge >= 0.3 is 5.63 Å². The van der Waals surface area contributed by atoms with E-state index in [2.05, 4.69) is 5.32 Å². The van der Waals surface area contributed by atoms with Crippen LogP contribution in [-0.2, 0) is 6.54 Å². The first kappa shape index (κ1) is 18.3. The summed E-state index contributed by atoms with van der Waals surface area (Å²) >= 11 is 0. The predicted molar refractivity (Wildman–Crippen MR) is 111 cm³/mol. The van der Waals surface area contributed by atoms with E-state index >= 15 is 0 Å². The van der Waals surface area contributed by atoms with E-state index in [4.69, 9.17) is 4.42 Å². The number of anilines is 1. The number of nitrogens with zero attached hydrogens (tertiary/aromatic N) is 1. The Kier molecular flexibility index (Phi) is 4.90. The van der Waals surface area contributed by atoms with Crippen LogP contribution in [0.15, 0.2) is 51.7 Å². The molecule has 0 saturated carbocycles. The molecule has 1 saturated heterocycles. The van der Waals surface area contributed by atoms with Gasteiger partial charge in [0.25, 0.3) is 5.91 Å².